The summed E-state index contributed by atoms with van der Waals surface area (Å²) < 4.78 is 14.1. The van der Waals surface area contributed by atoms with Crippen molar-refractivity contribution in [3.63, 3.8) is 0 Å². The monoisotopic (exact) mass is 377 g/mol. The van der Waals surface area contributed by atoms with Crippen LogP contribution >= 0.6 is 0 Å². The van der Waals surface area contributed by atoms with Crippen molar-refractivity contribution in [3.8, 4) is 0 Å². The molecule has 7 heteroatoms. The zero-order valence-corrected chi connectivity index (χ0v) is 17.1. The molecular weight excluding hydrogens is 342 g/mol. The molecule has 1 atom stereocenters. The first-order valence-corrected chi connectivity index (χ1v) is 10.4. The van der Waals surface area contributed by atoms with Gasteiger partial charge in [-0.25, -0.2) is 0 Å². The molecular formula is C20H35N5O2. The Bertz CT molecular complexity index is 609. The highest BCUT2D eigenvalue weighted by Crippen LogP contribution is 2.31. The molecule has 1 aliphatic heterocycles. The highest BCUT2D eigenvalue weighted by molar-refractivity contribution is 5.80. The average Bonchev–Trinajstić information content (AvgIpc) is 3.14. The number of nitrogens with zero attached hydrogens (tertiary/aromatic N) is 4. The molecule has 1 aromatic heterocycles. The molecule has 0 radical (unpaired) electrons. The molecule has 1 saturated carbocycles. The lowest BCUT2D eigenvalue weighted by molar-refractivity contribution is -0.0664. The minimum Gasteiger partial charge on any atom is -0.373 e. The molecule has 152 valence electrons. The molecule has 1 unspecified atom stereocenters. The topological polar surface area (TPSA) is 63.9 Å². The molecule has 0 spiro atoms. The Morgan fingerprint density at radius 1 is 1.41 bits per heavy atom. The molecule has 3 rings (SSSR count). The first kappa shape index (κ1) is 20.1. The summed E-state index contributed by atoms with van der Waals surface area (Å²) in [6.07, 6.45) is 11.1. The van der Waals surface area contributed by atoms with E-state index in [-0.39, 0.29) is 11.7 Å². The van der Waals surface area contributed by atoms with Crippen molar-refractivity contribution in [2.24, 2.45) is 12.0 Å². The van der Waals surface area contributed by atoms with Crippen LogP contribution in [0.4, 0.5) is 0 Å². The van der Waals surface area contributed by atoms with Gasteiger partial charge in [0.15, 0.2) is 5.96 Å². The maximum atomic E-state index is 6.32. The Balaban J connectivity index is 1.60. The van der Waals surface area contributed by atoms with Crippen LogP contribution in [0.1, 0.15) is 57.1 Å². The number of aryl methyl sites for hydroxylation is 1. The molecule has 0 aromatic carbocycles. The lowest BCUT2D eigenvalue weighted by Crippen LogP contribution is -2.53. The van der Waals surface area contributed by atoms with Crippen LogP contribution in [0.15, 0.2) is 17.4 Å². The van der Waals surface area contributed by atoms with Gasteiger partial charge in [-0.05, 0) is 19.3 Å². The smallest absolute Gasteiger partial charge is 0.193 e. The molecule has 1 aliphatic carbocycles. The molecule has 1 aromatic rings. The first-order valence-electron chi connectivity index (χ1n) is 10.4. The van der Waals surface area contributed by atoms with Crippen LogP contribution in [0.2, 0.25) is 0 Å². The van der Waals surface area contributed by atoms with Crippen LogP contribution in [-0.4, -0.2) is 66.1 Å². The number of aromatic nitrogens is 2. The van der Waals surface area contributed by atoms with Crippen molar-refractivity contribution in [2.75, 3.05) is 39.9 Å². The van der Waals surface area contributed by atoms with Gasteiger partial charge in [-0.1, -0.05) is 26.2 Å². The van der Waals surface area contributed by atoms with Crippen molar-refractivity contribution < 1.29 is 9.47 Å². The maximum absolute atomic E-state index is 6.32. The van der Waals surface area contributed by atoms with Crippen LogP contribution in [0.5, 0.6) is 0 Å². The number of ether oxygens (including phenoxy) is 2. The van der Waals surface area contributed by atoms with E-state index in [0.29, 0.717) is 6.61 Å². The lowest BCUT2D eigenvalue weighted by Gasteiger charge is -2.40. The van der Waals surface area contributed by atoms with Crippen molar-refractivity contribution >= 4 is 5.96 Å². The summed E-state index contributed by atoms with van der Waals surface area (Å²) in [5, 5.41) is 7.88. The second kappa shape index (κ2) is 9.55. The summed E-state index contributed by atoms with van der Waals surface area (Å²) in [5.74, 6) is 0.942. The molecule has 0 amide bonds. The Kier molecular flexibility index (Phi) is 7.13. The molecule has 27 heavy (non-hydrogen) atoms. The fourth-order valence-electron chi connectivity index (χ4n) is 4.11. The van der Waals surface area contributed by atoms with Gasteiger partial charge in [0.25, 0.3) is 0 Å². The third-order valence-electron chi connectivity index (χ3n) is 5.62. The Morgan fingerprint density at radius 3 is 2.89 bits per heavy atom. The molecule has 1 saturated heterocycles. The van der Waals surface area contributed by atoms with Gasteiger partial charge >= 0.3 is 0 Å². The van der Waals surface area contributed by atoms with Gasteiger partial charge in [-0.3, -0.25) is 9.67 Å². The van der Waals surface area contributed by atoms with E-state index in [0.717, 1.165) is 57.0 Å². The second-order valence-corrected chi connectivity index (χ2v) is 7.75. The lowest BCUT2D eigenvalue weighted by atomic mass is 9.84. The minimum absolute atomic E-state index is 0.0333. The fraction of sp³-hybridized carbons (Fsp3) is 0.800. The van der Waals surface area contributed by atoms with Gasteiger partial charge in [0.05, 0.1) is 24.9 Å². The van der Waals surface area contributed by atoms with Gasteiger partial charge in [0.1, 0.15) is 6.10 Å². The number of rotatable bonds is 6. The van der Waals surface area contributed by atoms with Gasteiger partial charge in [-0.15, -0.1) is 0 Å². The van der Waals surface area contributed by atoms with Crippen LogP contribution in [0.25, 0.3) is 0 Å². The number of hydrogen-bond donors (Lipinski definition) is 1. The maximum Gasteiger partial charge on any atom is 0.193 e. The normalized spacial score (nSPS) is 23.4. The van der Waals surface area contributed by atoms with Crippen molar-refractivity contribution in [3.05, 3.63) is 18.0 Å². The summed E-state index contributed by atoms with van der Waals surface area (Å²) >= 11 is 0. The molecule has 2 fully saturated rings. The molecule has 0 bridgehead atoms. The SMILES string of the molecule is CCCOC1(CNC(=NC)N2CCOC(c3cnn(C)c3)C2)CCCCC1. The highest BCUT2D eigenvalue weighted by atomic mass is 16.5. The van der Waals surface area contributed by atoms with E-state index >= 15 is 0 Å². The van der Waals surface area contributed by atoms with Crippen LogP contribution in [-0.2, 0) is 16.5 Å². The molecule has 2 heterocycles. The van der Waals surface area contributed by atoms with Crippen LogP contribution in [0.3, 0.4) is 0 Å². The number of morpholine rings is 1. The zero-order chi connectivity index (χ0) is 19.1. The third kappa shape index (κ3) is 5.23. The van der Waals surface area contributed by atoms with Crippen molar-refractivity contribution in [2.45, 2.75) is 57.2 Å². The van der Waals surface area contributed by atoms with Gasteiger partial charge in [0.2, 0.25) is 0 Å². The van der Waals surface area contributed by atoms with Gasteiger partial charge < -0.3 is 19.7 Å². The van der Waals surface area contributed by atoms with Crippen LogP contribution < -0.4 is 5.32 Å². The van der Waals surface area contributed by atoms with E-state index in [4.69, 9.17) is 9.47 Å². The van der Waals surface area contributed by atoms with E-state index in [1.165, 1.54) is 19.3 Å². The Hall–Kier alpha value is -1.60. The first-order chi connectivity index (χ1) is 13.2. The second-order valence-electron chi connectivity index (χ2n) is 7.75. The zero-order valence-electron chi connectivity index (χ0n) is 17.1. The molecule has 7 nitrogen and oxygen atoms in total. The Morgan fingerprint density at radius 2 is 2.22 bits per heavy atom. The summed E-state index contributed by atoms with van der Waals surface area (Å²) in [6.45, 7) is 6.16. The summed E-state index contributed by atoms with van der Waals surface area (Å²) in [6, 6.07) is 0. The predicted molar refractivity (Wildman–Crippen MR) is 107 cm³/mol. The quantitative estimate of drug-likeness (QED) is 0.610. The van der Waals surface area contributed by atoms with Crippen LogP contribution in [0, 0.1) is 0 Å². The van der Waals surface area contributed by atoms with E-state index in [1.807, 2.05) is 31.2 Å². The van der Waals surface area contributed by atoms with Crippen molar-refractivity contribution in [1.29, 1.82) is 0 Å². The number of aliphatic imine (C=N–C) groups is 1. The molecule has 2 aliphatic rings. The Labute approximate surface area is 163 Å². The van der Waals surface area contributed by atoms with E-state index < -0.39 is 0 Å². The number of nitrogens with one attached hydrogen (secondary N) is 1. The van der Waals surface area contributed by atoms with E-state index in [2.05, 4.69) is 27.2 Å². The number of guanidine groups is 1. The molecule has 1 N–H and O–H groups in total. The van der Waals surface area contributed by atoms with Crippen molar-refractivity contribution in [1.82, 2.24) is 20.0 Å². The average molecular weight is 378 g/mol. The third-order valence-corrected chi connectivity index (χ3v) is 5.62. The number of hydrogen-bond acceptors (Lipinski definition) is 4. The van der Waals surface area contributed by atoms with Gasteiger partial charge in [-0.2, -0.15) is 5.10 Å². The largest absolute Gasteiger partial charge is 0.373 e. The fourth-order valence-corrected chi connectivity index (χ4v) is 4.11. The van der Waals surface area contributed by atoms with Gasteiger partial charge in [0, 0.05) is 45.6 Å². The summed E-state index contributed by atoms with van der Waals surface area (Å²) in [7, 11) is 3.79. The summed E-state index contributed by atoms with van der Waals surface area (Å²) in [5.41, 5.74) is 1.08. The predicted octanol–water partition coefficient (Wildman–Crippen LogP) is 2.50. The highest BCUT2D eigenvalue weighted by Gasteiger charge is 2.34. The van der Waals surface area contributed by atoms with E-state index in [9.17, 15) is 0 Å². The minimum atomic E-state index is -0.0424. The van der Waals surface area contributed by atoms with E-state index in [1.54, 1.807) is 0 Å². The standard InChI is InChI=1S/C20H35N5O2/c1-4-11-27-20(8-6-5-7-9-20)16-22-19(21-2)25-10-12-26-18(15-25)17-13-23-24(3)14-17/h13-14,18H,4-12,15-16H2,1-3H3,(H,21,22). The summed E-state index contributed by atoms with van der Waals surface area (Å²) in [4.78, 5) is 6.83.